The molecule has 0 amide bonds. The van der Waals surface area contributed by atoms with E-state index in [4.69, 9.17) is 21.1 Å². The van der Waals surface area contributed by atoms with Crippen LogP contribution in [0, 0.1) is 0 Å². The quantitative estimate of drug-likeness (QED) is 0.796. The Bertz CT molecular complexity index is 608. The van der Waals surface area contributed by atoms with Gasteiger partial charge in [0.1, 0.15) is 11.5 Å². The fourth-order valence-electron chi connectivity index (χ4n) is 1.89. The van der Waals surface area contributed by atoms with Crippen molar-refractivity contribution >= 4 is 17.9 Å². The van der Waals surface area contributed by atoms with Gasteiger partial charge in [-0.05, 0) is 42.0 Å². The topological polar surface area (TPSA) is 35.5 Å². The average molecular weight is 277 g/mol. The molecule has 2 aromatic carbocycles. The zero-order chi connectivity index (χ0) is 13.8. The third-order valence-corrected chi connectivity index (χ3v) is 3.07. The maximum Gasteiger partial charge on any atom is 0.150 e. The van der Waals surface area contributed by atoms with E-state index in [0.29, 0.717) is 22.1 Å². The summed E-state index contributed by atoms with van der Waals surface area (Å²) < 4.78 is 10.5. The van der Waals surface area contributed by atoms with Crippen LogP contribution in [0.1, 0.15) is 10.4 Å². The van der Waals surface area contributed by atoms with Crippen molar-refractivity contribution in [3.63, 3.8) is 0 Å². The predicted octanol–water partition coefficient (Wildman–Crippen LogP) is 3.84. The van der Waals surface area contributed by atoms with E-state index < -0.39 is 0 Å². The molecule has 0 N–H and O–H groups in total. The Kier molecular flexibility index (Phi) is 4.07. The van der Waals surface area contributed by atoms with E-state index in [9.17, 15) is 4.79 Å². The third kappa shape index (κ3) is 2.71. The van der Waals surface area contributed by atoms with Crippen LogP contribution in [-0.2, 0) is 0 Å². The highest BCUT2D eigenvalue weighted by molar-refractivity contribution is 6.31. The summed E-state index contributed by atoms with van der Waals surface area (Å²) in [4.78, 5) is 11.2. The van der Waals surface area contributed by atoms with Gasteiger partial charge in [0, 0.05) is 16.1 Å². The monoisotopic (exact) mass is 276 g/mol. The number of carbonyl (C=O) groups excluding carboxylic acids is 1. The lowest BCUT2D eigenvalue weighted by molar-refractivity contribution is 0.112. The average Bonchev–Trinajstić information content (AvgIpc) is 2.46. The summed E-state index contributed by atoms with van der Waals surface area (Å²) >= 11 is 6.00. The molecule has 2 rings (SSSR count). The number of aldehydes is 1. The number of halogens is 1. The Balaban J connectivity index is 2.68. The van der Waals surface area contributed by atoms with Gasteiger partial charge < -0.3 is 9.47 Å². The second-order valence-electron chi connectivity index (χ2n) is 3.92. The molecule has 19 heavy (non-hydrogen) atoms. The molecule has 0 radical (unpaired) electrons. The van der Waals surface area contributed by atoms with Gasteiger partial charge in [-0.1, -0.05) is 11.6 Å². The molecule has 0 unspecified atom stereocenters. The van der Waals surface area contributed by atoms with Crippen LogP contribution >= 0.6 is 11.6 Å². The Morgan fingerprint density at radius 2 is 1.79 bits per heavy atom. The molecule has 98 valence electrons. The van der Waals surface area contributed by atoms with Gasteiger partial charge in [-0.25, -0.2) is 0 Å². The van der Waals surface area contributed by atoms with Gasteiger partial charge in [-0.2, -0.15) is 0 Å². The van der Waals surface area contributed by atoms with E-state index in [0.717, 1.165) is 17.4 Å². The lowest BCUT2D eigenvalue weighted by Gasteiger charge is -2.12. The molecule has 0 saturated carbocycles. The van der Waals surface area contributed by atoms with Gasteiger partial charge in [0.05, 0.1) is 14.2 Å². The highest BCUT2D eigenvalue weighted by Crippen LogP contribution is 2.36. The van der Waals surface area contributed by atoms with Crippen LogP contribution in [0.4, 0.5) is 0 Å². The molecule has 0 fully saturated rings. The van der Waals surface area contributed by atoms with Gasteiger partial charge in [-0.3, -0.25) is 4.79 Å². The maximum absolute atomic E-state index is 11.2. The van der Waals surface area contributed by atoms with Gasteiger partial charge in [-0.15, -0.1) is 0 Å². The zero-order valence-electron chi connectivity index (χ0n) is 10.6. The number of hydrogen-bond acceptors (Lipinski definition) is 3. The standard InChI is InChI=1S/C15H13ClO3/c1-18-12-5-6-15(19-2)14(8-12)13-7-11(16)4-3-10(13)9-17/h3-9H,1-2H3. The molecule has 0 bridgehead atoms. The minimum atomic E-state index is 0.552. The molecule has 0 aliphatic heterocycles. The largest absolute Gasteiger partial charge is 0.497 e. The van der Waals surface area contributed by atoms with Gasteiger partial charge >= 0.3 is 0 Å². The summed E-state index contributed by atoms with van der Waals surface area (Å²) in [6.07, 6.45) is 0.796. The molecule has 4 heteroatoms. The Morgan fingerprint density at radius 1 is 1.00 bits per heavy atom. The number of hydrogen-bond donors (Lipinski definition) is 0. The molecule has 0 saturated heterocycles. The molecule has 0 aliphatic carbocycles. The lowest BCUT2D eigenvalue weighted by atomic mass is 9.99. The van der Waals surface area contributed by atoms with E-state index in [1.165, 1.54) is 0 Å². The minimum absolute atomic E-state index is 0.552. The number of carbonyl (C=O) groups is 1. The van der Waals surface area contributed by atoms with Crippen LogP contribution in [0.3, 0.4) is 0 Å². The summed E-state index contributed by atoms with van der Waals surface area (Å²) in [6.45, 7) is 0. The van der Waals surface area contributed by atoms with Crippen LogP contribution in [0.15, 0.2) is 36.4 Å². The number of benzene rings is 2. The van der Waals surface area contributed by atoms with Crippen LogP contribution in [0.5, 0.6) is 11.5 Å². The summed E-state index contributed by atoms with van der Waals surface area (Å²) in [6, 6.07) is 10.5. The number of rotatable bonds is 4. The van der Waals surface area contributed by atoms with E-state index in [2.05, 4.69) is 0 Å². The molecular weight excluding hydrogens is 264 g/mol. The zero-order valence-corrected chi connectivity index (χ0v) is 11.4. The van der Waals surface area contributed by atoms with Gasteiger partial charge in [0.2, 0.25) is 0 Å². The fourth-order valence-corrected chi connectivity index (χ4v) is 2.06. The summed E-state index contributed by atoms with van der Waals surface area (Å²) in [5.74, 6) is 1.35. The van der Waals surface area contributed by atoms with E-state index in [1.54, 1.807) is 44.6 Å². The van der Waals surface area contributed by atoms with Crippen molar-refractivity contribution in [2.75, 3.05) is 14.2 Å². The molecule has 2 aromatic rings. The lowest BCUT2D eigenvalue weighted by Crippen LogP contribution is -1.93. The third-order valence-electron chi connectivity index (χ3n) is 2.84. The summed E-state index contributed by atoms with van der Waals surface area (Å²) in [5, 5.41) is 0.561. The fraction of sp³-hybridized carbons (Fsp3) is 0.133. The van der Waals surface area contributed by atoms with Crippen molar-refractivity contribution < 1.29 is 14.3 Å². The van der Waals surface area contributed by atoms with Gasteiger partial charge in [0.15, 0.2) is 6.29 Å². The van der Waals surface area contributed by atoms with E-state index >= 15 is 0 Å². The Morgan fingerprint density at radius 3 is 2.42 bits per heavy atom. The molecule has 0 heterocycles. The maximum atomic E-state index is 11.2. The molecule has 3 nitrogen and oxygen atoms in total. The molecular formula is C15H13ClO3. The first kappa shape index (κ1) is 13.4. The van der Waals surface area contributed by atoms with Crippen molar-refractivity contribution in [3.8, 4) is 22.6 Å². The smallest absolute Gasteiger partial charge is 0.150 e. The Hall–Kier alpha value is -2.00. The Labute approximate surface area is 116 Å². The SMILES string of the molecule is COc1ccc(OC)c(-c2cc(Cl)ccc2C=O)c1. The van der Waals surface area contributed by atoms with Crippen LogP contribution in [0.25, 0.3) is 11.1 Å². The van der Waals surface area contributed by atoms with Gasteiger partial charge in [0.25, 0.3) is 0 Å². The van der Waals surface area contributed by atoms with Crippen LogP contribution in [0.2, 0.25) is 5.02 Å². The number of ether oxygens (including phenoxy) is 2. The van der Waals surface area contributed by atoms with Crippen molar-refractivity contribution in [1.29, 1.82) is 0 Å². The first-order valence-corrected chi connectivity index (χ1v) is 6.04. The summed E-state index contributed by atoms with van der Waals surface area (Å²) in [7, 11) is 3.17. The molecule has 0 aliphatic rings. The summed E-state index contributed by atoms with van der Waals surface area (Å²) in [5.41, 5.74) is 2.04. The second-order valence-corrected chi connectivity index (χ2v) is 4.35. The molecule has 0 atom stereocenters. The first-order chi connectivity index (χ1) is 9.19. The predicted molar refractivity (Wildman–Crippen MR) is 75.4 cm³/mol. The highest BCUT2D eigenvalue weighted by atomic mass is 35.5. The van der Waals surface area contributed by atoms with Crippen molar-refractivity contribution in [2.45, 2.75) is 0 Å². The van der Waals surface area contributed by atoms with E-state index in [1.807, 2.05) is 6.07 Å². The van der Waals surface area contributed by atoms with Crippen molar-refractivity contribution in [1.82, 2.24) is 0 Å². The molecule has 0 spiro atoms. The van der Waals surface area contributed by atoms with Crippen LogP contribution < -0.4 is 9.47 Å². The van der Waals surface area contributed by atoms with Crippen LogP contribution in [-0.4, -0.2) is 20.5 Å². The normalized spacial score (nSPS) is 10.1. The molecule has 0 aromatic heterocycles. The van der Waals surface area contributed by atoms with Crippen molar-refractivity contribution in [3.05, 3.63) is 47.0 Å². The first-order valence-electron chi connectivity index (χ1n) is 5.66. The minimum Gasteiger partial charge on any atom is -0.497 e. The second kappa shape index (κ2) is 5.76. The number of methoxy groups -OCH3 is 2. The highest BCUT2D eigenvalue weighted by Gasteiger charge is 2.12. The van der Waals surface area contributed by atoms with E-state index in [-0.39, 0.29) is 0 Å². The van der Waals surface area contributed by atoms with Crippen molar-refractivity contribution in [2.24, 2.45) is 0 Å².